The lowest BCUT2D eigenvalue weighted by molar-refractivity contribution is -0.368. The van der Waals surface area contributed by atoms with Crippen molar-refractivity contribution in [3.8, 4) is 0 Å². The molecule has 7 fully saturated rings. The third-order valence-electron chi connectivity index (χ3n) is 19.7. The quantitative estimate of drug-likeness (QED) is 0.0578. The van der Waals surface area contributed by atoms with Crippen molar-refractivity contribution in [2.24, 2.45) is 50.2 Å². The normalized spacial score (nSPS) is 54.0. The van der Waals surface area contributed by atoms with E-state index in [2.05, 4.69) is 26.8 Å². The van der Waals surface area contributed by atoms with E-state index in [1.807, 2.05) is 6.92 Å². The highest BCUT2D eigenvalue weighted by molar-refractivity contribution is 5.81. The Balaban J connectivity index is 1.10. The number of carbonyl (C=O) groups excluding carboxylic acids is 2. The molecular weight excluding hydrogens is 941 g/mol. The summed E-state index contributed by atoms with van der Waals surface area (Å²) in [6, 6.07) is 0. The smallest absolute Gasteiger partial charge is 0.315 e. The van der Waals surface area contributed by atoms with Crippen LogP contribution in [0.3, 0.4) is 0 Å². The average molecular weight is 1020 g/mol. The van der Waals surface area contributed by atoms with Crippen molar-refractivity contribution in [3.05, 3.63) is 11.6 Å². The van der Waals surface area contributed by atoms with Gasteiger partial charge in [-0.3, -0.25) is 9.59 Å². The van der Waals surface area contributed by atoms with Gasteiger partial charge in [-0.05, 0) is 86.4 Å². The molecular formula is C49H78O22. The van der Waals surface area contributed by atoms with Gasteiger partial charge in [0.05, 0.1) is 62.7 Å². The van der Waals surface area contributed by atoms with Crippen LogP contribution in [-0.4, -0.2) is 218 Å². The van der Waals surface area contributed by atoms with E-state index in [0.717, 1.165) is 5.57 Å². The largest absolute Gasteiger partial charge is 0.469 e. The summed E-state index contributed by atoms with van der Waals surface area (Å²) in [4.78, 5) is 28.5. The summed E-state index contributed by atoms with van der Waals surface area (Å²) >= 11 is 0. The number of rotatable bonds is 11. The number of allylic oxidation sites excluding steroid dienone is 1. The van der Waals surface area contributed by atoms with Crippen molar-refractivity contribution in [1.82, 2.24) is 0 Å². The Morgan fingerprint density at radius 3 is 1.94 bits per heavy atom. The van der Waals surface area contributed by atoms with Crippen LogP contribution in [-0.2, 0) is 47.5 Å². The van der Waals surface area contributed by atoms with E-state index >= 15 is 0 Å². The van der Waals surface area contributed by atoms with Gasteiger partial charge in [0.25, 0.3) is 0 Å². The minimum absolute atomic E-state index is 0.127. The Bertz CT molecular complexity index is 1970. The zero-order valence-corrected chi connectivity index (χ0v) is 41.6. The summed E-state index contributed by atoms with van der Waals surface area (Å²) in [6.07, 6.45) is -21.3. The molecule has 22 heteroatoms. The second-order valence-electron chi connectivity index (χ2n) is 23.3. The van der Waals surface area contributed by atoms with Gasteiger partial charge in [0, 0.05) is 18.4 Å². The van der Waals surface area contributed by atoms with E-state index in [4.69, 9.17) is 37.9 Å². The van der Waals surface area contributed by atoms with E-state index in [1.165, 1.54) is 7.11 Å². The van der Waals surface area contributed by atoms with Gasteiger partial charge < -0.3 is 99.2 Å². The molecule has 406 valence electrons. The maximum absolute atomic E-state index is 14.9. The highest BCUT2D eigenvalue weighted by Gasteiger charge is 2.73. The first kappa shape index (κ1) is 55.2. The fourth-order valence-corrected chi connectivity index (χ4v) is 15.4. The predicted octanol–water partition coefficient (Wildman–Crippen LogP) is -2.50. The van der Waals surface area contributed by atoms with Crippen LogP contribution < -0.4 is 0 Å². The molecule has 4 saturated carbocycles. The average Bonchev–Trinajstić information content (AvgIpc) is 3.34. The minimum Gasteiger partial charge on any atom is -0.469 e. The van der Waals surface area contributed by atoms with E-state index < -0.39 is 181 Å². The molecule has 3 saturated heterocycles. The van der Waals surface area contributed by atoms with Gasteiger partial charge in [-0.1, -0.05) is 39.3 Å². The number of hydrogen-bond acceptors (Lipinski definition) is 22. The second-order valence-corrected chi connectivity index (χ2v) is 23.3. The van der Waals surface area contributed by atoms with Gasteiger partial charge >= 0.3 is 11.9 Å². The summed E-state index contributed by atoms with van der Waals surface area (Å²) in [6.45, 7) is 7.70. The highest BCUT2D eigenvalue weighted by atomic mass is 16.7. The van der Waals surface area contributed by atoms with E-state index in [1.54, 1.807) is 14.0 Å². The molecule has 0 aromatic heterocycles. The standard InChI is InChI=1S/C49H78O22/c1-44(42(62)65-7)10-12-49(43(63)71-41-34(60)31(57)30(56)26(17-50)67-41)13-11-47(4)21(22(49)15-44)14-25(64-6)37-45(2)16-23(53)38(46(3,20-52)28(45)8-9-48(37,47)5)70-40-35(61)32(58)36(27(18-51)68-40)69-39-33(59)29(55)24(54)19-66-39/h14,22-41,50-61H,8-13,15-20H2,1-7H3/t22-,23-,24+,25+,26+,27+,28+,29-,30+,31-,32+,33+,34+,35+,36+,37+,38-,39-,40-,41-,44-,45-,46-,47+,48+,49-/m0/s1. The van der Waals surface area contributed by atoms with Crippen molar-refractivity contribution in [3.63, 3.8) is 0 Å². The van der Waals surface area contributed by atoms with Crippen LogP contribution >= 0.6 is 0 Å². The molecule has 22 nitrogen and oxygen atoms in total. The lowest BCUT2D eigenvalue weighted by Crippen LogP contribution is -2.71. The molecule has 3 aliphatic heterocycles. The number of fused-ring (bicyclic) bond motifs is 7. The predicted molar refractivity (Wildman–Crippen MR) is 239 cm³/mol. The maximum Gasteiger partial charge on any atom is 0.315 e. The lowest BCUT2D eigenvalue weighted by Gasteiger charge is -2.72. The van der Waals surface area contributed by atoms with Gasteiger partial charge in [-0.25, -0.2) is 0 Å². The van der Waals surface area contributed by atoms with E-state index in [-0.39, 0.29) is 37.5 Å². The van der Waals surface area contributed by atoms with Crippen molar-refractivity contribution in [2.45, 2.75) is 190 Å². The Hall–Kier alpha value is -2.04. The molecule has 26 atom stereocenters. The molecule has 71 heavy (non-hydrogen) atoms. The molecule has 0 bridgehead atoms. The minimum atomic E-state index is -1.84. The first-order valence-corrected chi connectivity index (χ1v) is 25.0. The molecule has 5 aliphatic carbocycles. The van der Waals surface area contributed by atoms with Gasteiger partial charge in [-0.2, -0.15) is 0 Å². The maximum atomic E-state index is 14.9. The SMILES string of the molecule is COC(=O)[C@@]1(C)CC[C@]2(C(=O)O[C@@H]3O[C@H](CO)[C@@H](O)[C@H](O)[C@H]3O)CC[C@]3(C)C(=C[C@@H](OC)[C@@H]4[C@@]5(C)C[C@H](O)[C@H](O[C@@H]6O[C@H](CO)[C@@H](O[C@@H]7OC[C@@H](O)[C@H](O)[C@H]7O)[C@H](O)[C@H]6O)[C@@](C)(CO)[C@@H]5CC[C@]43C)[C@@H]2C1. The molecule has 8 rings (SSSR count). The van der Waals surface area contributed by atoms with Crippen LogP contribution in [0.25, 0.3) is 0 Å². The van der Waals surface area contributed by atoms with E-state index in [9.17, 15) is 70.9 Å². The third-order valence-corrected chi connectivity index (χ3v) is 19.7. The van der Waals surface area contributed by atoms with Crippen molar-refractivity contribution in [2.75, 3.05) is 40.6 Å². The van der Waals surface area contributed by atoms with Crippen molar-refractivity contribution < 1.29 is 109 Å². The van der Waals surface area contributed by atoms with Crippen LogP contribution in [0, 0.1) is 50.2 Å². The van der Waals surface area contributed by atoms with Crippen LogP contribution in [0.1, 0.15) is 86.0 Å². The molecule has 0 spiro atoms. The topological polar surface area (TPSA) is 351 Å². The Labute approximate surface area is 412 Å². The number of esters is 2. The number of carbonyl (C=O) groups is 2. The Kier molecular flexibility index (Phi) is 15.4. The monoisotopic (exact) mass is 1020 g/mol. The number of hydrogen-bond donors (Lipinski definition) is 12. The van der Waals surface area contributed by atoms with Crippen LogP contribution in [0.4, 0.5) is 0 Å². The zero-order chi connectivity index (χ0) is 52.1. The lowest BCUT2D eigenvalue weighted by atomic mass is 9.33. The van der Waals surface area contributed by atoms with Crippen LogP contribution in [0.5, 0.6) is 0 Å². The molecule has 0 radical (unpaired) electrons. The molecule has 3 heterocycles. The Morgan fingerprint density at radius 1 is 0.676 bits per heavy atom. The van der Waals surface area contributed by atoms with Crippen molar-refractivity contribution >= 4 is 11.9 Å². The summed E-state index contributed by atoms with van der Waals surface area (Å²) in [5.74, 6) is -2.47. The number of methoxy groups -OCH3 is 2. The molecule has 12 N–H and O–H groups in total. The second kappa shape index (κ2) is 19.8. The van der Waals surface area contributed by atoms with E-state index in [0.29, 0.717) is 25.7 Å². The first-order valence-electron chi connectivity index (χ1n) is 25.0. The van der Waals surface area contributed by atoms with Crippen LogP contribution in [0.15, 0.2) is 11.6 Å². The van der Waals surface area contributed by atoms with Gasteiger partial charge in [-0.15, -0.1) is 0 Å². The fraction of sp³-hybridized carbons (Fsp3) is 0.918. The number of aliphatic hydroxyl groups is 12. The highest BCUT2D eigenvalue weighted by Crippen LogP contribution is 2.76. The molecule has 0 aromatic carbocycles. The summed E-state index contributed by atoms with van der Waals surface area (Å²) < 4.78 is 46.9. The summed E-state index contributed by atoms with van der Waals surface area (Å²) in [5.41, 5.74) is -4.65. The summed E-state index contributed by atoms with van der Waals surface area (Å²) in [5, 5.41) is 130. The Morgan fingerprint density at radius 2 is 1.31 bits per heavy atom. The number of ether oxygens (including phenoxy) is 8. The molecule has 0 unspecified atom stereocenters. The van der Waals surface area contributed by atoms with Gasteiger partial charge in [0.1, 0.15) is 67.1 Å². The van der Waals surface area contributed by atoms with Gasteiger partial charge in [0.2, 0.25) is 6.29 Å². The third kappa shape index (κ3) is 8.46. The summed E-state index contributed by atoms with van der Waals surface area (Å²) in [7, 11) is 2.91. The molecule has 8 aliphatic rings. The molecule has 0 aromatic rings. The fourth-order valence-electron chi connectivity index (χ4n) is 15.4. The van der Waals surface area contributed by atoms with Crippen LogP contribution in [0.2, 0.25) is 0 Å². The first-order chi connectivity index (χ1) is 33.3. The molecule has 0 amide bonds. The van der Waals surface area contributed by atoms with Crippen molar-refractivity contribution in [1.29, 1.82) is 0 Å². The van der Waals surface area contributed by atoms with Gasteiger partial charge in [0.15, 0.2) is 12.6 Å². The number of aliphatic hydroxyl groups excluding tert-OH is 12. The zero-order valence-electron chi connectivity index (χ0n) is 41.6.